The lowest BCUT2D eigenvalue weighted by Crippen LogP contribution is -2.38. The van der Waals surface area contributed by atoms with E-state index in [1.54, 1.807) is 0 Å². The van der Waals surface area contributed by atoms with Gasteiger partial charge in [-0.25, -0.2) is 9.78 Å². The number of likely N-dealkylation sites (tertiary alicyclic amines) is 1. The fourth-order valence-corrected chi connectivity index (χ4v) is 3.74. The Bertz CT molecular complexity index is 763. The van der Waals surface area contributed by atoms with E-state index < -0.39 is 0 Å². The van der Waals surface area contributed by atoms with Gasteiger partial charge in [0.15, 0.2) is 0 Å². The summed E-state index contributed by atoms with van der Waals surface area (Å²) in [5.41, 5.74) is 3.54. The number of pyridine rings is 1. The number of rotatable bonds is 3. The SMILES string of the molecule is Cc1cnc2c(c1)CCN2C1CCN(C(=O)OCc2ccccc2)C1. The Hall–Kier alpha value is -2.56. The van der Waals surface area contributed by atoms with Crippen molar-refractivity contribution in [3.05, 3.63) is 59.3 Å². The number of aryl methyl sites for hydroxylation is 1. The van der Waals surface area contributed by atoms with Crippen molar-refractivity contribution in [1.29, 1.82) is 0 Å². The van der Waals surface area contributed by atoms with E-state index in [0.29, 0.717) is 19.2 Å². The number of fused-ring (bicyclic) bond motifs is 1. The highest BCUT2D eigenvalue weighted by atomic mass is 16.6. The van der Waals surface area contributed by atoms with Crippen molar-refractivity contribution in [1.82, 2.24) is 9.88 Å². The zero-order valence-electron chi connectivity index (χ0n) is 14.5. The Morgan fingerprint density at radius 3 is 2.96 bits per heavy atom. The minimum Gasteiger partial charge on any atom is -0.445 e. The fraction of sp³-hybridized carbons (Fsp3) is 0.400. The topological polar surface area (TPSA) is 45.7 Å². The molecule has 0 N–H and O–H groups in total. The molecule has 0 aliphatic carbocycles. The zero-order chi connectivity index (χ0) is 17.2. The second kappa shape index (κ2) is 6.75. The molecule has 5 nitrogen and oxygen atoms in total. The maximum absolute atomic E-state index is 12.3. The van der Waals surface area contributed by atoms with Crippen molar-refractivity contribution in [3.8, 4) is 0 Å². The molecule has 1 amide bonds. The van der Waals surface area contributed by atoms with E-state index >= 15 is 0 Å². The first kappa shape index (κ1) is 15.9. The van der Waals surface area contributed by atoms with Gasteiger partial charge in [0.25, 0.3) is 0 Å². The van der Waals surface area contributed by atoms with Gasteiger partial charge in [0.05, 0.1) is 0 Å². The van der Waals surface area contributed by atoms with Crippen molar-refractivity contribution in [2.45, 2.75) is 32.4 Å². The lowest BCUT2D eigenvalue weighted by Gasteiger charge is -2.26. The van der Waals surface area contributed by atoms with E-state index in [4.69, 9.17) is 4.74 Å². The van der Waals surface area contributed by atoms with Crippen LogP contribution in [0.5, 0.6) is 0 Å². The van der Waals surface area contributed by atoms with Gasteiger partial charge in [-0.05, 0) is 36.5 Å². The van der Waals surface area contributed by atoms with Crippen LogP contribution >= 0.6 is 0 Å². The number of nitrogens with zero attached hydrogens (tertiary/aromatic N) is 3. The van der Waals surface area contributed by atoms with Gasteiger partial charge in [-0.15, -0.1) is 0 Å². The van der Waals surface area contributed by atoms with Crippen molar-refractivity contribution >= 4 is 11.9 Å². The fourth-order valence-electron chi connectivity index (χ4n) is 3.74. The van der Waals surface area contributed by atoms with Crippen LogP contribution in [0.2, 0.25) is 0 Å². The molecule has 1 saturated heterocycles. The molecule has 1 aromatic heterocycles. The Kier molecular flexibility index (Phi) is 4.30. The summed E-state index contributed by atoms with van der Waals surface area (Å²) in [5.74, 6) is 1.09. The lowest BCUT2D eigenvalue weighted by molar-refractivity contribution is 0.104. The van der Waals surface area contributed by atoms with Gasteiger partial charge in [-0.3, -0.25) is 0 Å². The molecule has 2 aromatic rings. The van der Waals surface area contributed by atoms with Crippen LogP contribution in [0.15, 0.2) is 42.6 Å². The summed E-state index contributed by atoms with van der Waals surface area (Å²) in [7, 11) is 0. The number of aromatic nitrogens is 1. The van der Waals surface area contributed by atoms with Gasteiger partial charge in [-0.1, -0.05) is 36.4 Å². The molecule has 2 aliphatic rings. The molecule has 5 heteroatoms. The standard InChI is InChI=1S/C20H23N3O2/c1-15-11-17-7-10-23(19(17)21-12-15)18-8-9-22(13-18)20(24)25-14-16-5-3-2-4-6-16/h2-6,11-12,18H,7-10,13-14H2,1H3. The molecule has 3 heterocycles. The van der Waals surface area contributed by atoms with Crippen molar-refractivity contribution < 1.29 is 9.53 Å². The molecule has 0 saturated carbocycles. The number of ether oxygens (including phenoxy) is 1. The van der Waals surface area contributed by atoms with Crippen molar-refractivity contribution in [2.75, 3.05) is 24.5 Å². The molecule has 25 heavy (non-hydrogen) atoms. The largest absolute Gasteiger partial charge is 0.445 e. The summed E-state index contributed by atoms with van der Waals surface area (Å²) >= 11 is 0. The summed E-state index contributed by atoms with van der Waals surface area (Å²) in [6, 6.07) is 12.4. The molecular formula is C20H23N3O2. The van der Waals surface area contributed by atoms with E-state index in [9.17, 15) is 4.79 Å². The van der Waals surface area contributed by atoms with E-state index in [2.05, 4.69) is 22.9 Å². The quantitative estimate of drug-likeness (QED) is 0.863. The first-order valence-electron chi connectivity index (χ1n) is 8.88. The minimum atomic E-state index is -0.220. The maximum atomic E-state index is 12.3. The van der Waals surface area contributed by atoms with E-state index in [0.717, 1.165) is 37.3 Å². The zero-order valence-corrected chi connectivity index (χ0v) is 14.5. The molecule has 130 valence electrons. The third-order valence-electron chi connectivity index (χ3n) is 5.04. The molecule has 1 atom stereocenters. The summed E-state index contributed by atoms with van der Waals surface area (Å²) in [4.78, 5) is 21.1. The van der Waals surface area contributed by atoms with Crippen LogP contribution in [0.4, 0.5) is 10.6 Å². The Morgan fingerprint density at radius 1 is 1.28 bits per heavy atom. The number of hydrogen-bond acceptors (Lipinski definition) is 4. The van der Waals surface area contributed by atoms with Gasteiger partial charge in [-0.2, -0.15) is 0 Å². The third kappa shape index (κ3) is 3.31. The predicted octanol–water partition coefficient (Wildman–Crippen LogP) is 3.16. The van der Waals surface area contributed by atoms with Crippen LogP contribution in [-0.4, -0.2) is 41.7 Å². The highest BCUT2D eigenvalue weighted by Crippen LogP contribution is 2.31. The number of carbonyl (C=O) groups excluding carboxylic acids is 1. The van der Waals surface area contributed by atoms with Crippen molar-refractivity contribution in [3.63, 3.8) is 0 Å². The summed E-state index contributed by atoms with van der Waals surface area (Å²) < 4.78 is 5.46. The van der Waals surface area contributed by atoms with Crippen LogP contribution < -0.4 is 4.90 Å². The van der Waals surface area contributed by atoms with Gasteiger partial charge in [0.2, 0.25) is 0 Å². The van der Waals surface area contributed by atoms with Crippen LogP contribution in [0, 0.1) is 6.92 Å². The van der Waals surface area contributed by atoms with Gasteiger partial charge < -0.3 is 14.5 Å². The summed E-state index contributed by atoms with van der Waals surface area (Å²) in [5, 5.41) is 0. The second-order valence-corrected chi connectivity index (χ2v) is 6.87. The molecule has 2 aliphatic heterocycles. The van der Waals surface area contributed by atoms with Gasteiger partial charge >= 0.3 is 6.09 Å². The third-order valence-corrected chi connectivity index (χ3v) is 5.04. The molecule has 0 radical (unpaired) electrons. The number of amides is 1. The van der Waals surface area contributed by atoms with Gasteiger partial charge in [0.1, 0.15) is 12.4 Å². The van der Waals surface area contributed by atoms with Crippen LogP contribution in [-0.2, 0) is 17.8 Å². The molecule has 4 rings (SSSR count). The lowest BCUT2D eigenvalue weighted by atomic mass is 10.2. The second-order valence-electron chi connectivity index (χ2n) is 6.87. The van der Waals surface area contributed by atoms with E-state index in [1.165, 1.54) is 11.1 Å². The highest BCUT2D eigenvalue weighted by Gasteiger charge is 2.34. The average Bonchev–Trinajstić information content (AvgIpc) is 3.27. The molecular weight excluding hydrogens is 314 g/mol. The van der Waals surface area contributed by atoms with E-state index in [-0.39, 0.29) is 6.09 Å². The number of hydrogen-bond donors (Lipinski definition) is 0. The molecule has 1 unspecified atom stereocenters. The highest BCUT2D eigenvalue weighted by molar-refractivity contribution is 5.68. The minimum absolute atomic E-state index is 0.220. The molecule has 1 aromatic carbocycles. The number of carbonyl (C=O) groups is 1. The Morgan fingerprint density at radius 2 is 2.12 bits per heavy atom. The molecule has 1 fully saturated rings. The van der Waals surface area contributed by atoms with Crippen LogP contribution in [0.3, 0.4) is 0 Å². The van der Waals surface area contributed by atoms with E-state index in [1.807, 2.05) is 41.4 Å². The predicted molar refractivity (Wildman–Crippen MR) is 96.6 cm³/mol. The monoisotopic (exact) mass is 337 g/mol. The summed E-state index contributed by atoms with van der Waals surface area (Å²) in [6.45, 7) is 4.85. The average molecular weight is 337 g/mol. The van der Waals surface area contributed by atoms with Crippen LogP contribution in [0.1, 0.15) is 23.1 Å². The van der Waals surface area contributed by atoms with Crippen molar-refractivity contribution in [2.24, 2.45) is 0 Å². The van der Waals surface area contributed by atoms with Gasteiger partial charge in [0, 0.05) is 31.9 Å². The Balaban J connectivity index is 1.35. The smallest absolute Gasteiger partial charge is 0.410 e. The first-order chi connectivity index (χ1) is 12.2. The summed E-state index contributed by atoms with van der Waals surface area (Å²) in [6.07, 6.45) is 3.72. The molecule has 0 bridgehead atoms. The Labute approximate surface area is 148 Å². The molecule has 0 spiro atoms. The number of anilines is 1. The normalized spacial score (nSPS) is 19.2. The van der Waals surface area contributed by atoms with Crippen LogP contribution in [0.25, 0.3) is 0 Å². The number of benzene rings is 1. The first-order valence-corrected chi connectivity index (χ1v) is 8.88. The maximum Gasteiger partial charge on any atom is 0.410 e.